The highest BCUT2D eigenvalue weighted by molar-refractivity contribution is 8.01. The summed E-state index contributed by atoms with van der Waals surface area (Å²) in [6, 6.07) is 11.6. The first kappa shape index (κ1) is 16.1. The first-order valence-corrected chi connectivity index (χ1v) is 8.12. The predicted octanol–water partition coefficient (Wildman–Crippen LogP) is 3.85. The Balaban J connectivity index is 2.19. The fourth-order valence-corrected chi connectivity index (χ4v) is 3.45. The number of hydrogen-bond donors (Lipinski definition) is 1. The monoisotopic (exact) mass is 337 g/mol. The lowest BCUT2D eigenvalue weighted by molar-refractivity contribution is -0.138. The van der Waals surface area contributed by atoms with Crippen molar-refractivity contribution in [3.05, 3.63) is 54.5 Å². The Morgan fingerprint density at radius 3 is 2.79 bits per heavy atom. The Morgan fingerprint density at radius 1 is 1.33 bits per heavy atom. The molecule has 0 atom stereocenters. The van der Waals surface area contributed by atoms with E-state index in [4.69, 9.17) is 0 Å². The summed E-state index contributed by atoms with van der Waals surface area (Å²) in [7, 11) is 0. The van der Waals surface area contributed by atoms with Crippen LogP contribution in [0, 0.1) is 11.3 Å². The maximum Gasteiger partial charge on any atom is 0.319 e. The van der Waals surface area contributed by atoms with E-state index >= 15 is 0 Å². The summed E-state index contributed by atoms with van der Waals surface area (Å²) in [4.78, 5) is 16.4. The number of thioether (sulfide) groups is 1. The number of aliphatic carboxylic acids is 1. The van der Waals surface area contributed by atoms with Crippen LogP contribution in [-0.2, 0) is 4.79 Å². The van der Waals surface area contributed by atoms with E-state index in [1.165, 1.54) is 11.8 Å². The lowest BCUT2D eigenvalue weighted by Crippen LogP contribution is -2.27. The zero-order chi connectivity index (χ0) is 17.3. The fourth-order valence-electron chi connectivity index (χ4n) is 2.43. The molecule has 2 aromatic heterocycles. The summed E-state index contributed by atoms with van der Waals surface area (Å²) in [5.41, 5.74) is 2.22. The second kappa shape index (κ2) is 6.02. The third-order valence-corrected chi connectivity index (χ3v) is 4.98. The van der Waals surface area contributed by atoms with Crippen LogP contribution >= 0.6 is 11.8 Å². The molecule has 2 heterocycles. The molecule has 0 amide bonds. The van der Waals surface area contributed by atoms with Gasteiger partial charge in [0.2, 0.25) is 0 Å². The average Bonchev–Trinajstić information content (AvgIpc) is 2.93. The predicted molar refractivity (Wildman–Crippen MR) is 93.4 cm³/mol. The number of nitriles is 1. The molecule has 5 nitrogen and oxygen atoms in total. The quantitative estimate of drug-likeness (QED) is 0.732. The van der Waals surface area contributed by atoms with Gasteiger partial charge in [-0.2, -0.15) is 5.26 Å². The number of carboxylic acids is 1. The molecule has 3 aromatic rings. The maximum absolute atomic E-state index is 11.4. The van der Waals surface area contributed by atoms with Crippen LogP contribution in [-0.4, -0.2) is 25.4 Å². The summed E-state index contributed by atoms with van der Waals surface area (Å²) in [6.07, 6.45) is 5.09. The summed E-state index contributed by atoms with van der Waals surface area (Å²) in [5, 5.41) is 19.6. The first-order chi connectivity index (χ1) is 11.4. The molecule has 0 saturated carbocycles. The number of rotatable bonds is 4. The second-order valence-electron chi connectivity index (χ2n) is 5.80. The number of pyridine rings is 1. The van der Waals surface area contributed by atoms with Gasteiger partial charge in [-0.1, -0.05) is 18.2 Å². The van der Waals surface area contributed by atoms with Crippen molar-refractivity contribution in [2.75, 3.05) is 0 Å². The number of fused-ring (bicyclic) bond motifs is 1. The molecule has 120 valence electrons. The van der Waals surface area contributed by atoms with Crippen molar-refractivity contribution in [1.29, 1.82) is 5.26 Å². The van der Waals surface area contributed by atoms with Crippen LogP contribution in [0.2, 0.25) is 0 Å². The van der Waals surface area contributed by atoms with Gasteiger partial charge < -0.3 is 9.67 Å². The average molecular weight is 337 g/mol. The summed E-state index contributed by atoms with van der Waals surface area (Å²) in [6.45, 7) is 3.33. The van der Waals surface area contributed by atoms with E-state index in [1.807, 2.05) is 28.8 Å². The third kappa shape index (κ3) is 2.74. The third-order valence-electron chi connectivity index (χ3n) is 3.73. The van der Waals surface area contributed by atoms with Crippen LogP contribution in [0.3, 0.4) is 0 Å². The van der Waals surface area contributed by atoms with Crippen LogP contribution in [0.4, 0.5) is 0 Å². The SMILES string of the molecule is CC(C)(Sc1ccncc1-n1cc(C#N)c2ccccc21)C(=O)O. The van der Waals surface area contributed by atoms with Gasteiger partial charge in [-0.15, -0.1) is 11.8 Å². The normalized spacial score (nSPS) is 11.4. The van der Waals surface area contributed by atoms with Crippen molar-refractivity contribution in [2.45, 2.75) is 23.5 Å². The van der Waals surface area contributed by atoms with Gasteiger partial charge in [0.15, 0.2) is 0 Å². The summed E-state index contributed by atoms with van der Waals surface area (Å²) < 4.78 is 0.915. The van der Waals surface area contributed by atoms with Gasteiger partial charge in [0.25, 0.3) is 0 Å². The number of benzene rings is 1. The number of hydrogen-bond acceptors (Lipinski definition) is 4. The molecule has 24 heavy (non-hydrogen) atoms. The molecule has 0 fully saturated rings. The van der Waals surface area contributed by atoms with Crippen molar-refractivity contribution in [3.63, 3.8) is 0 Å². The van der Waals surface area contributed by atoms with Gasteiger partial charge in [0.1, 0.15) is 10.8 Å². The van der Waals surface area contributed by atoms with Crippen LogP contribution in [0.5, 0.6) is 0 Å². The highest BCUT2D eigenvalue weighted by Gasteiger charge is 2.29. The van der Waals surface area contributed by atoms with Gasteiger partial charge >= 0.3 is 5.97 Å². The van der Waals surface area contributed by atoms with Crippen LogP contribution in [0.15, 0.2) is 53.8 Å². The van der Waals surface area contributed by atoms with Crippen molar-refractivity contribution in [2.24, 2.45) is 0 Å². The molecule has 0 saturated heterocycles. The van der Waals surface area contributed by atoms with Gasteiger partial charge in [0.05, 0.1) is 23.0 Å². The van der Waals surface area contributed by atoms with Gasteiger partial charge in [-0.25, -0.2) is 0 Å². The van der Waals surface area contributed by atoms with E-state index in [0.29, 0.717) is 5.56 Å². The minimum atomic E-state index is -0.975. The van der Waals surface area contributed by atoms with E-state index in [-0.39, 0.29) is 0 Å². The van der Waals surface area contributed by atoms with Crippen molar-refractivity contribution >= 4 is 28.6 Å². The molecule has 1 aromatic carbocycles. The summed E-state index contributed by atoms with van der Waals surface area (Å²) in [5.74, 6) is -0.884. The fraction of sp³-hybridized carbons (Fsp3) is 0.167. The number of carboxylic acid groups (broad SMARTS) is 1. The van der Waals surface area contributed by atoms with Crippen LogP contribution in [0.25, 0.3) is 16.6 Å². The Morgan fingerprint density at radius 2 is 2.08 bits per heavy atom. The largest absolute Gasteiger partial charge is 0.480 e. The van der Waals surface area contributed by atoms with Gasteiger partial charge in [0, 0.05) is 22.7 Å². The molecule has 0 aliphatic carbocycles. The molecule has 0 radical (unpaired) electrons. The molecular weight excluding hydrogens is 322 g/mol. The van der Waals surface area contributed by atoms with Crippen molar-refractivity contribution in [1.82, 2.24) is 9.55 Å². The number of nitrogens with zero attached hydrogens (tertiary/aromatic N) is 3. The highest BCUT2D eigenvalue weighted by Crippen LogP contribution is 2.37. The molecular formula is C18H15N3O2S. The molecule has 0 spiro atoms. The van der Waals surface area contributed by atoms with E-state index in [0.717, 1.165) is 21.5 Å². The molecule has 0 aliphatic rings. The van der Waals surface area contributed by atoms with Crippen LogP contribution < -0.4 is 0 Å². The minimum Gasteiger partial charge on any atom is -0.480 e. The lowest BCUT2D eigenvalue weighted by Gasteiger charge is -2.20. The van der Waals surface area contributed by atoms with Crippen molar-refractivity contribution < 1.29 is 9.90 Å². The molecule has 0 unspecified atom stereocenters. The molecule has 0 bridgehead atoms. The molecule has 3 rings (SSSR count). The molecule has 6 heteroatoms. The van der Waals surface area contributed by atoms with E-state index in [9.17, 15) is 15.2 Å². The Kier molecular flexibility index (Phi) is 4.04. The second-order valence-corrected chi connectivity index (χ2v) is 7.47. The van der Waals surface area contributed by atoms with E-state index in [1.54, 1.807) is 38.5 Å². The number of para-hydroxylation sites is 1. The topological polar surface area (TPSA) is 78.9 Å². The Labute approximate surface area is 143 Å². The van der Waals surface area contributed by atoms with Gasteiger partial charge in [-0.3, -0.25) is 9.78 Å². The maximum atomic E-state index is 11.4. The smallest absolute Gasteiger partial charge is 0.319 e. The van der Waals surface area contributed by atoms with Crippen LogP contribution in [0.1, 0.15) is 19.4 Å². The molecule has 0 aliphatic heterocycles. The Bertz CT molecular complexity index is 970. The minimum absolute atomic E-state index is 0.572. The standard InChI is InChI=1S/C18H15N3O2S/c1-18(2,17(22)23)24-16-7-8-20-10-15(16)21-11-12(9-19)13-5-3-4-6-14(13)21/h3-8,10-11H,1-2H3,(H,22,23). The Hall–Kier alpha value is -2.78. The zero-order valence-electron chi connectivity index (χ0n) is 13.2. The lowest BCUT2D eigenvalue weighted by atomic mass is 10.2. The number of aromatic nitrogens is 2. The van der Waals surface area contributed by atoms with Gasteiger partial charge in [-0.05, 0) is 26.0 Å². The highest BCUT2D eigenvalue weighted by atomic mass is 32.2. The molecule has 1 N–H and O–H groups in total. The van der Waals surface area contributed by atoms with E-state index < -0.39 is 10.7 Å². The number of carbonyl (C=O) groups is 1. The van der Waals surface area contributed by atoms with Crippen molar-refractivity contribution in [3.8, 4) is 11.8 Å². The zero-order valence-corrected chi connectivity index (χ0v) is 14.0. The first-order valence-electron chi connectivity index (χ1n) is 7.31. The van der Waals surface area contributed by atoms with E-state index in [2.05, 4.69) is 11.1 Å². The summed E-state index contributed by atoms with van der Waals surface area (Å²) >= 11 is 1.26.